The summed E-state index contributed by atoms with van der Waals surface area (Å²) in [6, 6.07) is 5.93. The minimum Gasteiger partial charge on any atom is -0.399 e. The predicted molar refractivity (Wildman–Crippen MR) is 209 cm³/mol. The third-order valence-electron chi connectivity index (χ3n) is 13.4. The number of aliphatic hydroxyl groups excluding tert-OH is 1. The van der Waals surface area contributed by atoms with Crippen LogP contribution in [0.2, 0.25) is 0 Å². The van der Waals surface area contributed by atoms with Crippen molar-refractivity contribution < 1.29 is 5.11 Å². The number of anilines is 2. The molecule has 10 atom stereocenters. The van der Waals surface area contributed by atoms with Gasteiger partial charge in [0, 0.05) is 28.5 Å². The van der Waals surface area contributed by atoms with Crippen molar-refractivity contribution >= 4 is 11.4 Å². The van der Waals surface area contributed by atoms with Crippen molar-refractivity contribution in [2.45, 2.75) is 145 Å². The van der Waals surface area contributed by atoms with Crippen molar-refractivity contribution in [1.29, 1.82) is 0 Å². The quantitative estimate of drug-likeness (QED) is 0.102. The first kappa shape index (κ1) is 40.2. The highest BCUT2D eigenvalue weighted by atomic mass is 16.3. The summed E-state index contributed by atoms with van der Waals surface area (Å²) in [6.07, 6.45) is 19.4. The van der Waals surface area contributed by atoms with Gasteiger partial charge in [0.1, 0.15) is 0 Å². The van der Waals surface area contributed by atoms with Gasteiger partial charge in [0.2, 0.25) is 0 Å². The molecule has 0 bridgehead atoms. The second-order valence-corrected chi connectivity index (χ2v) is 17.0. The summed E-state index contributed by atoms with van der Waals surface area (Å²) in [7, 11) is 0. The Kier molecular flexibility index (Phi) is 13.9. The molecule has 4 aliphatic rings. The third-order valence-corrected chi connectivity index (χ3v) is 13.4. The molecule has 3 fully saturated rings. The maximum absolute atomic E-state index is 11.5. The van der Waals surface area contributed by atoms with Gasteiger partial charge in [-0.25, -0.2) is 0 Å². The van der Waals surface area contributed by atoms with Crippen molar-refractivity contribution in [1.82, 2.24) is 0 Å². The Morgan fingerprint density at radius 1 is 0.979 bits per heavy atom. The number of allylic oxidation sites excluding steroid dienone is 2. The maximum atomic E-state index is 11.5. The van der Waals surface area contributed by atoms with E-state index in [2.05, 4.69) is 60.3 Å². The smallest absolute Gasteiger partial charge is 0.0634 e. The van der Waals surface area contributed by atoms with Crippen molar-refractivity contribution in [2.75, 3.05) is 11.5 Å². The highest BCUT2D eigenvalue weighted by Crippen LogP contribution is 2.69. The first-order valence-electron chi connectivity index (χ1n) is 19.4. The number of nitrogen functional groups attached to an aromatic ring is 2. The molecular weight excluding hydrogens is 589 g/mol. The standard InChI is InChI=1S/C35H56N2O.C6H12N2.C2H6/c1-22(2)8-7-9-23(3)27-13-14-28-26-12-15-31-34(5,29(26)16-18-33(27,28)4)19-17-32(38)35(31,6)21-24-10-11-25(36)20-30(24)37;1-3-6(8)4-5(2)7;1-2/h10-11,15,20,22-23,26-29,32,38H,7-9,12-14,16-19,21,36-37H2,1-6H3;3-5H,1,7-8H2,2H3;1-2H3/b;6-4+;. The third kappa shape index (κ3) is 8.37. The lowest BCUT2D eigenvalue weighted by Gasteiger charge is -2.62. The SMILES string of the molecule is C=C/C(N)=C\C(C)N.CC.CC(C)CCCC(C)C1CCC2C3CC=C4C(C)(Cc5ccc(N)cc5N)C(O)CCC4(C)C3CCC12C. The number of hydrogen-bond acceptors (Lipinski definition) is 5. The van der Waals surface area contributed by atoms with Gasteiger partial charge in [0.05, 0.1) is 6.10 Å². The minimum absolute atomic E-state index is 0.0213. The molecule has 10 unspecified atom stereocenters. The van der Waals surface area contributed by atoms with E-state index in [4.69, 9.17) is 22.9 Å². The van der Waals surface area contributed by atoms with E-state index >= 15 is 0 Å². The van der Waals surface area contributed by atoms with Crippen molar-refractivity contribution in [2.24, 2.45) is 63.2 Å². The Hall–Kier alpha value is -2.24. The fourth-order valence-corrected chi connectivity index (χ4v) is 11.0. The predicted octanol–water partition coefficient (Wildman–Crippen LogP) is 9.80. The molecular formula is C43H74N4O. The summed E-state index contributed by atoms with van der Waals surface area (Å²) in [5.41, 5.74) is 28.3. The van der Waals surface area contributed by atoms with E-state index in [1.165, 1.54) is 56.9 Å². The highest BCUT2D eigenvalue weighted by Gasteiger charge is 2.61. The Morgan fingerprint density at radius 2 is 1.67 bits per heavy atom. The first-order valence-corrected chi connectivity index (χ1v) is 19.4. The van der Waals surface area contributed by atoms with E-state index in [-0.39, 0.29) is 23.0 Å². The van der Waals surface area contributed by atoms with E-state index in [1.807, 2.05) is 32.9 Å². The van der Waals surface area contributed by atoms with Crippen LogP contribution < -0.4 is 22.9 Å². The summed E-state index contributed by atoms with van der Waals surface area (Å²) in [4.78, 5) is 0. The van der Waals surface area contributed by atoms with Gasteiger partial charge in [-0.3, -0.25) is 0 Å². The Labute approximate surface area is 295 Å². The van der Waals surface area contributed by atoms with Gasteiger partial charge in [0.25, 0.3) is 0 Å². The maximum Gasteiger partial charge on any atom is 0.0634 e. The fraction of sp³-hybridized carbons (Fsp3) is 0.721. The summed E-state index contributed by atoms with van der Waals surface area (Å²) in [5.74, 6) is 4.97. The molecule has 5 heteroatoms. The Morgan fingerprint density at radius 3 is 2.25 bits per heavy atom. The van der Waals surface area contributed by atoms with Crippen LogP contribution in [0.1, 0.15) is 132 Å². The van der Waals surface area contributed by atoms with E-state index in [9.17, 15) is 5.11 Å². The average Bonchev–Trinajstić information content (AvgIpc) is 3.39. The van der Waals surface area contributed by atoms with E-state index < -0.39 is 0 Å². The van der Waals surface area contributed by atoms with Crippen LogP contribution in [0, 0.1) is 51.8 Å². The van der Waals surface area contributed by atoms with Gasteiger partial charge < -0.3 is 28.0 Å². The van der Waals surface area contributed by atoms with Gasteiger partial charge in [0.15, 0.2) is 0 Å². The molecule has 0 saturated heterocycles. The van der Waals surface area contributed by atoms with Gasteiger partial charge in [-0.05, 0) is 134 Å². The summed E-state index contributed by atoms with van der Waals surface area (Å²) < 4.78 is 0. The molecule has 0 spiro atoms. The van der Waals surface area contributed by atoms with Crippen LogP contribution in [0.25, 0.3) is 0 Å². The minimum atomic E-state index is -0.327. The zero-order valence-electron chi connectivity index (χ0n) is 32.3. The molecule has 0 amide bonds. The molecule has 0 radical (unpaired) electrons. The van der Waals surface area contributed by atoms with Crippen LogP contribution in [-0.2, 0) is 6.42 Å². The van der Waals surface area contributed by atoms with Crippen LogP contribution in [0.3, 0.4) is 0 Å². The lowest BCUT2D eigenvalue weighted by molar-refractivity contribution is -0.0814. The van der Waals surface area contributed by atoms with Crippen LogP contribution in [0.15, 0.2) is 54.3 Å². The normalized spacial score (nSPS) is 35.4. The van der Waals surface area contributed by atoms with E-state index in [0.717, 1.165) is 66.0 Å². The Balaban J connectivity index is 0.000000550. The molecule has 4 aliphatic carbocycles. The van der Waals surface area contributed by atoms with Crippen molar-refractivity contribution in [3.63, 3.8) is 0 Å². The lowest BCUT2D eigenvalue weighted by atomic mass is 9.43. The molecule has 0 aromatic heterocycles. The Bertz CT molecular complexity index is 1270. The fourth-order valence-electron chi connectivity index (χ4n) is 11.0. The lowest BCUT2D eigenvalue weighted by Crippen LogP contribution is -2.55. The number of nitrogens with two attached hydrogens (primary N) is 4. The number of rotatable bonds is 9. The molecule has 1 aromatic rings. The highest BCUT2D eigenvalue weighted by molar-refractivity contribution is 5.57. The van der Waals surface area contributed by atoms with Crippen LogP contribution in [0.4, 0.5) is 11.4 Å². The van der Waals surface area contributed by atoms with E-state index in [0.29, 0.717) is 16.8 Å². The van der Waals surface area contributed by atoms with Gasteiger partial charge in [-0.15, -0.1) is 0 Å². The van der Waals surface area contributed by atoms with Crippen molar-refractivity contribution in [3.8, 4) is 0 Å². The second-order valence-electron chi connectivity index (χ2n) is 17.0. The first-order chi connectivity index (χ1) is 22.6. The molecule has 1 aromatic carbocycles. The summed E-state index contributed by atoms with van der Waals surface area (Å²) in [6.45, 7) is 24.2. The van der Waals surface area contributed by atoms with Gasteiger partial charge in [-0.1, -0.05) is 98.9 Å². The topological polar surface area (TPSA) is 124 Å². The molecule has 0 aliphatic heterocycles. The molecule has 0 heterocycles. The van der Waals surface area contributed by atoms with Crippen molar-refractivity contribution in [3.05, 3.63) is 59.8 Å². The molecule has 272 valence electrons. The number of aliphatic hydroxyl groups is 1. The molecule has 48 heavy (non-hydrogen) atoms. The monoisotopic (exact) mass is 663 g/mol. The van der Waals surface area contributed by atoms with Gasteiger partial charge >= 0.3 is 0 Å². The van der Waals surface area contributed by atoms with Crippen LogP contribution in [0.5, 0.6) is 0 Å². The summed E-state index contributed by atoms with van der Waals surface area (Å²) >= 11 is 0. The van der Waals surface area contributed by atoms with Gasteiger partial charge in [-0.2, -0.15) is 0 Å². The van der Waals surface area contributed by atoms with Crippen LogP contribution in [-0.4, -0.2) is 17.3 Å². The second kappa shape index (κ2) is 16.6. The van der Waals surface area contributed by atoms with E-state index in [1.54, 1.807) is 12.2 Å². The zero-order chi connectivity index (χ0) is 36.0. The molecule has 5 nitrogen and oxygen atoms in total. The zero-order valence-corrected chi connectivity index (χ0v) is 32.3. The van der Waals surface area contributed by atoms with Crippen LogP contribution >= 0.6 is 0 Å². The average molecular weight is 663 g/mol. The number of benzene rings is 1. The molecule has 5 rings (SSSR count). The number of fused-ring (bicyclic) bond motifs is 5. The molecule has 9 N–H and O–H groups in total. The summed E-state index contributed by atoms with van der Waals surface area (Å²) in [5, 5.41) is 11.5. The largest absolute Gasteiger partial charge is 0.399 e. The number of hydrogen-bond donors (Lipinski definition) is 5. The molecule has 3 saturated carbocycles.